The molecule has 0 fully saturated rings. The molecule has 8 heteroatoms. The maximum Gasteiger partial charge on any atom is 0.352 e. The lowest BCUT2D eigenvalue weighted by Gasteiger charge is -2.13. The summed E-state index contributed by atoms with van der Waals surface area (Å²) in [6.07, 6.45) is 8.66. The van der Waals surface area contributed by atoms with E-state index in [1.165, 1.54) is 12.1 Å². The number of benzene rings is 2. The number of amides is 1. The van der Waals surface area contributed by atoms with Gasteiger partial charge in [-0.3, -0.25) is 4.79 Å². The van der Waals surface area contributed by atoms with E-state index in [4.69, 9.17) is 0 Å². The molecular formula is C32H29FN4O3. The van der Waals surface area contributed by atoms with Crippen LogP contribution in [0.1, 0.15) is 53.2 Å². The fraction of sp³-hybridized carbons (Fsp3) is 0.125. The van der Waals surface area contributed by atoms with Crippen molar-refractivity contribution in [3.8, 4) is 22.4 Å². The number of carbonyl (C=O) groups excluding carboxylic acids is 1. The number of halogens is 1. The minimum atomic E-state index is -1.14. The van der Waals surface area contributed by atoms with Crippen LogP contribution in [0, 0.1) is 5.82 Å². The van der Waals surface area contributed by atoms with Crippen molar-refractivity contribution in [2.45, 2.75) is 26.7 Å². The summed E-state index contributed by atoms with van der Waals surface area (Å²) in [5.41, 5.74) is 5.31. The molecule has 0 saturated carbocycles. The predicted octanol–water partition coefficient (Wildman–Crippen LogP) is 7.65. The van der Waals surface area contributed by atoms with E-state index in [1.54, 1.807) is 43.5 Å². The van der Waals surface area contributed by atoms with Crippen LogP contribution in [0.5, 0.6) is 0 Å². The van der Waals surface area contributed by atoms with Crippen molar-refractivity contribution in [3.63, 3.8) is 0 Å². The summed E-state index contributed by atoms with van der Waals surface area (Å²) in [5.74, 6) is -2.00. The monoisotopic (exact) mass is 536 g/mol. The third-order valence-electron chi connectivity index (χ3n) is 6.82. The molecule has 0 bridgehead atoms. The van der Waals surface area contributed by atoms with Gasteiger partial charge in [-0.25, -0.2) is 9.18 Å². The Bertz CT molecular complexity index is 1850. The summed E-state index contributed by atoms with van der Waals surface area (Å²) in [4.78, 5) is 34.9. The highest BCUT2D eigenvalue weighted by molar-refractivity contribution is 6.09. The molecule has 0 aliphatic carbocycles. The minimum absolute atomic E-state index is 0.000804. The molecule has 0 saturated heterocycles. The highest BCUT2D eigenvalue weighted by Gasteiger charge is 2.28. The average Bonchev–Trinajstić information content (AvgIpc) is 3.64. The molecule has 5 N–H and O–H groups in total. The van der Waals surface area contributed by atoms with Crippen molar-refractivity contribution < 1.29 is 19.1 Å². The van der Waals surface area contributed by atoms with E-state index in [2.05, 4.69) is 26.8 Å². The van der Waals surface area contributed by atoms with Gasteiger partial charge in [0, 0.05) is 44.8 Å². The van der Waals surface area contributed by atoms with Crippen LogP contribution >= 0.6 is 0 Å². The van der Waals surface area contributed by atoms with Crippen molar-refractivity contribution in [2.75, 3.05) is 0 Å². The first kappa shape index (κ1) is 26.5. The summed E-state index contributed by atoms with van der Waals surface area (Å²) in [6, 6.07) is 11.9. The smallest absolute Gasteiger partial charge is 0.352 e. The van der Waals surface area contributed by atoms with E-state index >= 15 is 0 Å². The molecule has 3 heterocycles. The van der Waals surface area contributed by atoms with Gasteiger partial charge in [-0.15, -0.1) is 0 Å². The van der Waals surface area contributed by atoms with E-state index in [1.807, 2.05) is 38.1 Å². The first-order valence-electron chi connectivity index (χ1n) is 12.8. The van der Waals surface area contributed by atoms with Gasteiger partial charge < -0.3 is 25.4 Å². The van der Waals surface area contributed by atoms with Gasteiger partial charge >= 0.3 is 5.97 Å². The van der Waals surface area contributed by atoms with E-state index in [9.17, 15) is 19.1 Å². The normalized spacial score (nSPS) is 12.2. The maximum atomic E-state index is 14.6. The number of carboxylic acid groups (broad SMARTS) is 1. The lowest BCUT2D eigenvalue weighted by Crippen LogP contribution is -2.21. The van der Waals surface area contributed by atoms with Crippen LogP contribution < -0.4 is 5.32 Å². The fourth-order valence-corrected chi connectivity index (χ4v) is 5.15. The third kappa shape index (κ3) is 4.75. The molecule has 0 aliphatic heterocycles. The Kier molecular flexibility index (Phi) is 7.00. The van der Waals surface area contributed by atoms with Crippen LogP contribution in [0.15, 0.2) is 85.2 Å². The predicted molar refractivity (Wildman–Crippen MR) is 157 cm³/mol. The molecule has 202 valence electrons. The summed E-state index contributed by atoms with van der Waals surface area (Å²) < 4.78 is 14.6. The highest BCUT2D eigenvalue weighted by Crippen LogP contribution is 2.44. The van der Waals surface area contributed by atoms with Gasteiger partial charge in [0.25, 0.3) is 5.91 Å². The molecule has 0 radical (unpaired) electrons. The second kappa shape index (κ2) is 10.6. The second-order valence-electron chi connectivity index (χ2n) is 9.89. The molecule has 0 aliphatic rings. The number of H-pyrrole nitrogens is 3. The van der Waals surface area contributed by atoms with Gasteiger partial charge in [0.2, 0.25) is 0 Å². The molecule has 5 aromatic rings. The van der Waals surface area contributed by atoms with E-state index in [0.29, 0.717) is 50.2 Å². The van der Waals surface area contributed by atoms with Crippen LogP contribution in [0.4, 0.5) is 4.39 Å². The summed E-state index contributed by atoms with van der Waals surface area (Å²) in [7, 11) is 0. The van der Waals surface area contributed by atoms with Gasteiger partial charge in [0.05, 0.1) is 5.69 Å². The number of aromatic carboxylic acids is 1. The van der Waals surface area contributed by atoms with E-state index in [-0.39, 0.29) is 17.5 Å². The maximum absolute atomic E-state index is 14.6. The van der Waals surface area contributed by atoms with Crippen LogP contribution in [-0.4, -0.2) is 31.9 Å². The zero-order valence-corrected chi connectivity index (χ0v) is 22.4. The van der Waals surface area contributed by atoms with Gasteiger partial charge in [0.1, 0.15) is 17.2 Å². The van der Waals surface area contributed by atoms with Crippen LogP contribution in [0.25, 0.3) is 44.2 Å². The molecular weight excluding hydrogens is 507 g/mol. The molecule has 0 unspecified atom stereocenters. The van der Waals surface area contributed by atoms with Gasteiger partial charge in [-0.05, 0) is 60.4 Å². The Hall–Kier alpha value is -5.11. The highest BCUT2D eigenvalue weighted by atomic mass is 19.1. The summed E-state index contributed by atoms with van der Waals surface area (Å²) >= 11 is 0. The summed E-state index contributed by atoms with van der Waals surface area (Å²) in [5, 5.41) is 14.6. The van der Waals surface area contributed by atoms with Crippen LogP contribution in [0.2, 0.25) is 0 Å². The number of carboxylic acids is 1. The first-order valence-corrected chi connectivity index (χ1v) is 12.8. The molecule has 1 amide bonds. The Labute approximate surface area is 230 Å². The molecule has 40 heavy (non-hydrogen) atoms. The number of allylic oxidation sites excluding steroid dienone is 5. The molecule has 5 rings (SSSR count). The number of hydrogen-bond acceptors (Lipinski definition) is 2. The average molecular weight is 537 g/mol. The molecule has 0 atom stereocenters. The standard InChI is InChI=1S/C32H29FN4O3/c1-5-6-7-9-18(4)35-31(38)26-16-22-21(10-8-11-24(22)36-26)28-27(17(2)3)29(37-30(28)32(39)40)23-14-19(33)15-25-20(23)12-13-34-25/h5-17,34,36-37H,1H2,2-4H3,(H,35,38)(H,39,40)/b7-6-,18-9+. The molecule has 3 aromatic heterocycles. The van der Waals surface area contributed by atoms with Gasteiger partial charge in [0.15, 0.2) is 0 Å². The van der Waals surface area contributed by atoms with E-state index in [0.717, 1.165) is 10.9 Å². The number of fused-ring (bicyclic) bond motifs is 2. The number of aromatic amines is 3. The zero-order chi connectivity index (χ0) is 28.6. The zero-order valence-electron chi connectivity index (χ0n) is 22.4. The van der Waals surface area contributed by atoms with Crippen molar-refractivity contribution in [3.05, 3.63) is 108 Å². The topological polar surface area (TPSA) is 114 Å². The number of hydrogen-bond donors (Lipinski definition) is 5. The minimum Gasteiger partial charge on any atom is -0.477 e. The van der Waals surface area contributed by atoms with Crippen molar-refractivity contribution in [2.24, 2.45) is 0 Å². The Balaban J connectivity index is 1.70. The fourth-order valence-electron chi connectivity index (χ4n) is 5.15. The lowest BCUT2D eigenvalue weighted by atomic mass is 9.89. The van der Waals surface area contributed by atoms with Gasteiger partial charge in [-0.2, -0.15) is 0 Å². The van der Waals surface area contributed by atoms with Crippen molar-refractivity contribution in [1.82, 2.24) is 20.3 Å². The first-order chi connectivity index (χ1) is 19.2. The van der Waals surface area contributed by atoms with Crippen LogP contribution in [0.3, 0.4) is 0 Å². The van der Waals surface area contributed by atoms with Crippen molar-refractivity contribution in [1.29, 1.82) is 0 Å². The second-order valence-corrected chi connectivity index (χ2v) is 9.89. The summed E-state index contributed by atoms with van der Waals surface area (Å²) in [6.45, 7) is 9.35. The Morgan fingerprint density at radius 1 is 1.02 bits per heavy atom. The van der Waals surface area contributed by atoms with E-state index < -0.39 is 11.8 Å². The van der Waals surface area contributed by atoms with Gasteiger partial charge in [-0.1, -0.05) is 50.8 Å². The Morgan fingerprint density at radius 3 is 2.55 bits per heavy atom. The molecule has 0 spiro atoms. The van der Waals surface area contributed by atoms with Crippen molar-refractivity contribution >= 4 is 33.7 Å². The molecule has 7 nitrogen and oxygen atoms in total. The number of carbonyl (C=O) groups is 2. The lowest BCUT2D eigenvalue weighted by molar-refractivity contribution is 0.0692. The Morgan fingerprint density at radius 2 is 1.82 bits per heavy atom. The van der Waals surface area contributed by atoms with Crippen LogP contribution in [-0.2, 0) is 0 Å². The third-order valence-corrected chi connectivity index (χ3v) is 6.82. The largest absolute Gasteiger partial charge is 0.477 e. The number of rotatable bonds is 8. The quantitative estimate of drug-likeness (QED) is 0.131. The SMILES string of the molecule is C=C/C=C\C=C(/C)NC(=O)c1cc2c(-c3c(C(=O)O)[nH]c(-c4cc(F)cc5[nH]ccc45)c3C(C)C)cccc2[nH]1. The molecule has 2 aromatic carbocycles. The number of nitrogens with one attached hydrogen (secondary N) is 4. The number of aromatic nitrogens is 3.